The first-order chi connectivity index (χ1) is 16.5. The molecule has 5 rings (SSSR count). The molecule has 1 aliphatic rings. The Balaban J connectivity index is 1.30. The van der Waals surface area contributed by atoms with Crippen molar-refractivity contribution in [3.63, 3.8) is 0 Å². The van der Waals surface area contributed by atoms with E-state index in [9.17, 15) is 13.2 Å². The summed E-state index contributed by atoms with van der Waals surface area (Å²) in [6.45, 7) is 0.767. The topological polar surface area (TPSA) is 112 Å². The van der Waals surface area contributed by atoms with E-state index in [0.717, 1.165) is 5.69 Å². The number of para-hydroxylation sites is 1. The maximum atomic E-state index is 12.9. The molecule has 0 saturated carbocycles. The minimum absolute atomic E-state index is 0.0260. The Morgan fingerprint density at radius 3 is 2.50 bits per heavy atom. The Morgan fingerprint density at radius 2 is 1.68 bits per heavy atom. The number of nitrogens with one attached hydrogen (secondary N) is 2. The molecule has 0 saturated heterocycles. The van der Waals surface area contributed by atoms with Crippen LogP contribution in [-0.2, 0) is 10.0 Å². The SMILES string of the molecule is O=C(Nc1ccn(-c2ccccc2)n1)c1cccc(NS(=O)(=O)c2ccc3c(c2)OCCO3)c1. The second kappa shape index (κ2) is 8.91. The van der Waals surface area contributed by atoms with Gasteiger partial charge in [-0.3, -0.25) is 9.52 Å². The number of aromatic nitrogens is 2. The van der Waals surface area contributed by atoms with E-state index in [4.69, 9.17) is 9.47 Å². The van der Waals surface area contributed by atoms with Gasteiger partial charge in [0, 0.05) is 29.6 Å². The lowest BCUT2D eigenvalue weighted by molar-refractivity contribution is 0.102. The van der Waals surface area contributed by atoms with Gasteiger partial charge in [-0.2, -0.15) is 5.10 Å². The van der Waals surface area contributed by atoms with Crippen LogP contribution in [0.5, 0.6) is 11.5 Å². The normalized spacial score (nSPS) is 12.7. The number of carbonyl (C=O) groups is 1. The third kappa shape index (κ3) is 4.57. The lowest BCUT2D eigenvalue weighted by atomic mass is 10.2. The average Bonchev–Trinajstić information content (AvgIpc) is 3.32. The molecule has 0 radical (unpaired) electrons. The molecule has 0 spiro atoms. The zero-order chi connectivity index (χ0) is 23.5. The van der Waals surface area contributed by atoms with Gasteiger partial charge in [0.1, 0.15) is 13.2 Å². The Morgan fingerprint density at radius 1 is 0.882 bits per heavy atom. The van der Waals surface area contributed by atoms with Crippen LogP contribution in [0, 0.1) is 0 Å². The lowest BCUT2D eigenvalue weighted by Gasteiger charge is -2.19. The highest BCUT2D eigenvalue weighted by Crippen LogP contribution is 2.32. The molecule has 2 heterocycles. The van der Waals surface area contributed by atoms with Crippen molar-refractivity contribution in [2.24, 2.45) is 0 Å². The zero-order valence-corrected chi connectivity index (χ0v) is 18.7. The van der Waals surface area contributed by atoms with Crippen LogP contribution >= 0.6 is 0 Å². The smallest absolute Gasteiger partial charge is 0.262 e. The lowest BCUT2D eigenvalue weighted by Crippen LogP contribution is -2.18. The molecule has 1 amide bonds. The molecule has 3 aromatic carbocycles. The number of carbonyl (C=O) groups excluding carboxylic acids is 1. The van der Waals surface area contributed by atoms with Crippen molar-refractivity contribution in [3.8, 4) is 17.2 Å². The monoisotopic (exact) mass is 476 g/mol. The molecule has 0 unspecified atom stereocenters. The zero-order valence-electron chi connectivity index (χ0n) is 17.8. The van der Waals surface area contributed by atoms with Crippen molar-refractivity contribution < 1.29 is 22.7 Å². The molecule has 1 aromatic heterocycles. The highest BCUT2D eigenvalue weighted by Gasteiger charge is 2.20. The maximum absolute atomic E-state index is 12.9. The van der Waals surface area contributed by atoms with E-state index >= 15 is 0 Å². The number of anilines is 2. The van der Waals surface area contributed by atoms with E-state index in [2.05, 4.69) is 15.1 Å². The van der Waals surface area contributed by atoms with Crippen molar-refractivity contribution in [1.82, 2.24) is 9.78 Å². The van der Waals surface area contributed by atoms with Crippen LogP contribution < -0.4 is 19.5 Å². The molecule has 4 aromatic rings. The van der Waals surface area contributed by atoms with Gasteiger partial charge in [-0.15, -0.1) is 0 Å². The number of hydrogen-bond acceptors (Lipinski definition) is 6. The summed E-state index contributed by atoms with van der Waals surface area (Å²) in [5.41, 5.74) is 1.38. The fourth-order valence-corrected chi connectivity index (χ4v) is 4.50. The second-order valence-corrected chi connectivity index (χ2v) is 9.11. The van der Waals surface area contributed by atoms with E-state index in [1.165, 1.54) is 18.2 Å². The summed E-state index contributed by atoms with van der Waals surface area (Å²) >= 11 is 0. The summed E-state index contributed by atoms with van der Waals surface area (Å²) in [4.78, 5) is 12.8. The van der Waals surface area contributed by atoms with Crippen LogP contribution in [-0.4, -0.2) is 37.3 Å². The summed E-state index contributed by atoms with van der Waals surface area (Å²) in [5, 5.41) is 7.08. The minimum atomic E-state index is -3.91. The average molecular weight is 477 g/mol. The summed E-state index contributed by atoms with van der Waals surface area (Å²) in [5.74, 6) is 0.825. The number of nitrogens with zero attached hydrogens (tertiary/aromatic N) is 2. The first-order valence-corrected chi connectivity index (χ1v) is 11.9. The van der Waals surface area contributed by atoms with Crippen LogP contribution in [0.2, 0.25) is 0 Å². The number of amides is 1. The molecule has 9 nitrogen and oxygen atoms in total. The van der Waals surface area contributed by atoms with Gasteiger partial charge in [-0.1, -0.05) is 24.3 Å². The first-order valence-electron chi connectivity index (χ1n) is 10.4. The van der Waals surface area contributed by atoms with E-state index in [-0.39, 0.29) is 16.1 Å². The van der Waals surface area contributed by atoms with Crippen molar-refractivity contribution in [2.75, 3.05) is 23.3 Å². The Bertz CT molecular complexity index is 1450. The standard InChI is InChI=1S/C24H20N4O5S/c29-24(25-23-11-12-28(26-23)19-7-2-1-3-8-19)17-5-4-6-18(15-17)27-34(30,31)20-9-10-21-22(16-20)33-14-13-32-21/h1-12,15-16,27H,13-14H2,(H,25,26,29). The molecule has 1 aliphatic heterocycles. The molecule has 172 valence electrons. The molecule has 0 bridgehead atoms. The predicted molar refractivity (Wildman–Crippen MR) is 126 cm³/mol. The largest absolute Gasteiger partial charge is 0.486 e. The van der Waals surface area contributed by atoms with Gasteiger partial charge in [0.15, 0.2) is 17.3 Å². The number of rotatable bonds is 6. The van der Waals surface area contributed by atoms with Crippen LogP contribution in [0.1, 0.15) is 10.4 Å². The van der Waals surface area contributed by atoms with Crippen molar-refractivity contribution >= 4 is 27.4 Å². The molecule has 0 aliphatic carbocycles. The van der Waals surface area contributed by atoms with Gasteiger partial charge in [-0.25, -0.2) is 13.1 Å². The number of benzene rings is 3. The Hall–Kier alpha value is -4.31. The fraction of sp³-hybridized carbons (Fsp3) is 0.0833. The van der Waals surface area contributed by atoms with Crippen LogP contribution in [0.3, 0.4) is 0 Å². The van der Waals surface area contributed by atoms with E-state index in [0.29, 0.717) is 30.5 Å². The van der Waals surface area contributed by atoms with Crippen molar-refractivity contribution in [3.05, 3.63) is 90.6 Å². The molecule has 2 N–H and O–H groups in total. The number of hydrogen-bond donors (Lipinski definition) is 2. The van der Waals surface area contributed by atoms with Crippen molar-refractivity contribution in [1.29, 1.82) is 0 Å². The Labute approximate surface area is 196 Å². The van der Waals surface area contributed by atoms with Gasteiger partial charge in [-0.05, 0) is 42.5 Å². The molecular weight excluding hydrogens is 456 g/mol. The van der Waals surface area contributed by atoms with Crippen LogP contribution in [0.15, 0.2) is 90.0 Å². The molecule has 34 heavy (non-hydrogen) atoms. The fourth-order valence-electron chi connectivity index (χ4n) is 3.43. The van der Waals surface area contributed by atoms with Gasteiger partial charge in [0.05, 0.1) is 10.6 Å². The van der Waals surface area contributed by atoms with E-state index < -0.39 is 15.9 Å². The van der Waals surface area contributed by atoms with Gasteiger partial charge in [0.2, 0.25) is 0 Å². The Kier molecular flexibility index (Phi) is 5.64. The summed E-state index contributed by atoms with van der Waals surface area (Å²) < 4.78 is 40.8. The first kappa shape index (κ1) is 21.5. The van der Waals surface area contributed by atoms with Gasteiger partial charge >= 0.3 is 0 Å². The summed E-state index contributed by atoms with van der Waals surface area (Å²) in [6, 6.07) is 21.8. The molecule has 0 atom stereocenters. The highest BCUT2D eigenvalue weighted by molar-refractivity contribution is 7.92. The minimum Gasteiger partial charge on any atom is -0.486 e. The molecule has 0 fully saturated rings. The predicted octanol–water partition coefficient (Wildman–Crippen LogP) is 3.70. The number of ether oxygens (including phenoxy) is 2. The summed E-state index contributed by atoms with van der Waals surface area (Å²) in [7, 11) is -3.91. The van der Waals surface area contributed by atoms with Gasteiger partial charge < -0.3 is 14.8 Å². The van der Waals surface area contributed by atoms with E-state index in [1.54, 1.807) is 41.2 Å². The van der Waals surface area contributed by atoms with Crippen LogP contribution in [0.4, 0.5) is 11.5 Å². The van der Waals surface area contributed by atoms with Crippen molar-refractivity contribution in [2.45, 2.75) is 4.90 Å². The van der Waals surface area contributed by atoms with Gasteiger partial charge in [0.25, 0.3) is 15.9 Å². The third-order valence-electron chi connectivity index (χ3n) is 5.05. The molecule has 10 heteroatoms. The second-order valence-electron chi connectivity index (χ2n) is 7.43. The third-order valence-corrected chi connectivity index (χ3v) is 6.43. The number of sulfonamides is 1. The van der Waals surface area contributed by atoms with E-state index in [1.807, 2.05) is 30.3 Å². The maximum Gasteiger partial charge on any atom is 0.262 e. The quantitative estimate of drug-likeness (QED) is 0.439. The van der Waals surface area contributed by atoms with Crippen LogP contribution in [0.25, 0.3) is 5.69 Å². The molecular formula is C24H20N4O5S. The highest BCUT2D eigenvalue weighted by atomic mass is 32.2. The summed E-state index contributed by atoms with van der Waals surface area (Å²) in [6.07, 6.45) is 1.74. The number of fused-ring (bicyclic) bond motifs is 1.